The Hall–Kier alpha value is -1.65. The predicted octanol–water partition coefficient (Wildman–Crippen LogP) is 2.34. The van der Waals surface area contributed by atoms with Gasteiger partial charge in [-0.25, -0.2) is 0 Å². The molecule has 4 nitrogen and oxygen atoms in total. The topological polar surface area (TPSA) is 53.1 Å². The molecule has 0 aliphatic heterocycles. The fourth-order valence-corrected chi connectivity index (χ4v) is 2.24. The molecule has 0 fully saturated rings. The summed E-state index contributed by atoms with van der Waals surface area (Å²) in [5, 5.41) is 5.75. The number of aryl methyl sites for hydroxylation is 1. The van der Waals surface area contributed by atoms with Crippen LogP contribution >= 0.6 is 0 Å². The Bertz CT molecular complexity index is 572. The Morgan fingerprint density at radius 3 is 2.95 bits per heavy atom. The molecule has 0 aliphatic carbocycles. The van der Waals surface area contributed by atoms with Gasteiger partial charge in [-0.2, -0.15) is 5.10 Å². The first-order valence-corrected chi connectivity index (χ1v) is 6.56. The van der Waals surface area contributed by atoms with E-state index in [0.29, 0.717) is 13.2 Å². The van der Waals surface area contributed by atoms with E-state index < -0.39 is 0 Å². The van der Waals surface area contributed by atoms with Crippen LogP contribution in [0, 0.1) is 0 Å². The minimum Gasteiger partial charge on any atom is -0.380 e. The highest BCUT2D eigenvalue weighted by atomic mass is 16.5. The number of hydrogen-bond donors (Lipinski definition) is 1. The van der Waals surface area contributed by atoms with Crippen LogP contribution in [0.25, 0.3) is 17.0 Å². The number of rotatable bonds is 6. The molecule has 1 heterocycles. The zero-order valence-corrected chi connectivity index (χ0v) is 11.6. The molecule has 2 aromatic rings. The number of benzene rings is 1. The van der Waals surface area contributed by atoms with Crippen LogP contribution in [0.2, 0.25) is 0 Å². The number of nitrogens with zero attached hydrogens (tertiary/aromatic N) is 2. The molecule has 0 spiro atoms. The number of para-hydroxylation sites is 1. The summed E-state index contributed by atoms with van der Waals surface area (Å²) in [7, 11) is 3.68. The highest BCUT2D eigenvalue weighted by Crippen LogP contribution is 2.21. The van der Waals surface area contributed by atoms with Crippen LogP contribution in [0.5, 0.6) is 0 Å². The quantitative estimate of drug-likeness (QED) is 0.866. The Kier molecular flexibility index (Phi) is 4.71. The lowest BCUT2D eigenvalue weighted by atomic mass is 10.1. The van der Waals surface area contributed by atoms with E-state index in [1.54, 1.807) is 7.11 Å². The van der Waals surface area contributed by atoms with Gasteiger partial charge in [0.05, 0.1) is 17.8 Å². The molecule has 0 bridgehead atoms. The van der Waals surface area contributed by atoms with Gasteiger partial charge in [-0.1, -0.05) is 18.2 Å². The van der Waals surface area contributed by atoms with Gasteiger partial charge in [0.1, 0.15) is 0 Å². The molecule has 0 unspecified atom stereocenters. The second-order valence-corrected chi connectivity index (χ2v) is 4.65. The summed E-state index contributed by atoms with van der Waals surface area (Å²) in [4.78, 5) is 0. The minimum absolute atomic E-state index is 0.630. The standard InChI is InChI=1S/C15H21N3O/c1-18-15-8-4-3-7-13(15)14(17-18)10-12(11-19-2)6-5-9-16/h3-4,7-8,10H,5-6,9,11,16H2,1-2H3/b12-10+. The number of fused-ring (bicyclic) bond motifs is 1. The normalized spacial score (nSPS) is 12.3. The average molecular weight is 259 g/mol. The first-order chi connectivity index (χ1) is 9.26. The fraction of sp³-hybridized carbons (Fsp3) is 0.400. The molecule has 2 N–H and O–H groups in total. The Balaban J connectivity index is 2.36. The van der Waals surface area contributed by atoms with E-state index in [1.807, 2.05) is 23.9 Å². The number of methoxy groups -OCH3 is 1. The minimum atomic E-state index is 0.630. The van der Waals surface area contributed by atoms with E-state index in [9.17, 15) is 0 Å². The van der Waals surface area contributed by atoms with Crippen molar-refractivity contribution in [1.82, 2.24) is 9.78 Å². The van der Waals surface area contributed by atoms with Crippen molar-refractivity contribution >= 4 is 17.0 Å². The Labute approximate surface area is 113 Å². The lowest BCUT2D eigenvalue weighted by molar-refractivity contribution is 0.223. The van der Waals surface area contributed by atoms with Crippen molar-refractivity contribution in [2.75, 3.05) is 20.3 Å². The summed E-state index contributed by atoms with van der Waals surface area (Å²) in [6, 6.07) is 8.25. The Morgan fingerprint density at radius 2 is 2.21 bits per heavy atom. The smallest absolute Gasteiger partial charge is 0.0930 e. The molecule has 0 amide bonds. The van der Waals surface area contributed by atoms with Crippen LogP contribution in [0.4, 0.5) is 0 Å². The van der Waals surface area contributed by atoms with Gasteiger partial charge in [0, 0.05) is 19.5 Å². The molecule has 0 saturated heterocycles. The maximum absolute atomic E-state index is 5.57. The first kappa shape index (κ1) is 13.8. The molecule has 4 heteroatoms. The third kappa shape index (κ3) is 3.22. The van der Waals surface area contributed by atoms with Crippen molar-refractivity contribution in [2.45, 2.75) is 12.8 Å². The van der Waals surface area contributed by atoms with Gasteiger partial charge in [0.2, 0.25) is 0 Å². The van der Waals surface area contributed by atoms with Crippen LogP contribution in [0.3, 0.4) is 0 Å². The molecule has 0 aliphatic rings. The SMILES string of the molecule is COC/C(=C/c1nn(C)c2ccccc12)CCCN. The lowest BCUT2D eigenvalue weighted by Crippen LogP contribution is -2.02. The summed E-state index contributed by atoms with van der Waals surface area (Å²) in [6.07, 6.45) is 4.05. The number of ether oxygens (including phenoxy) is 1. The molecule has 1 aromatic carbocycles. The van der Waals surface area contributed by atoms with Crippen LogP contribution in [0.15, 0.2) is 29.8 Å². The van der Waals surface area contributed by atoms with Crippen molar-refractivity contribution in [3.05, 3.63) is 35.5 Å². The summed E-state index contributed by atoms with van der Waals surface area (Å²) in [6.45, 7) is 1.33. The van der Waals surface area contributed by atoms with Crippen molar-refractivity contribution in [2.24, 2.45) is 12.8 Å². The largest absolute Gasteiger partial charge is 0.380 e. The number of hydrogen-bond acceptors (Lipinski definition) is 3. The van der Waals surface area contributed by atoms with Crippen LogP contribution in [-0.4, -0.2) is 30.0 Å². The maximum Gasteiger partial charge on any atom is 0.0930 e. The van der Waals surface area contributed by atoms with Gasteiger partial charge in [-0.3, -0.25) is 4.68 Å². The molecular weight excluding hydrogens is 238 g/mol. The van der Waals surface area contributed by atoms with E-state index in [2.05, 4.69) is 23.3 Å². The van der Waals surface area contributed by atoms with E-state index in [-0.39, 0.29) is 0 Å². The van der Waals surface area contributed by atoms with Crippen molar-refractivity contribution in [1.29, 1.82) is 0 Å². The van der Waals surface area contributed by atoms with Crippen LogP contribution < -0.4 is 5.73 Å². The van der Waals surface area contributed by atoms with Crippen molar-refractivity contribution in [3.63, 3.8) is 0 Å². The molecule has 1 aromatic heterocycles. The molecule has 2 rings (SSSR count). The van der Waals surface area contributed by atoms with Crippen molar-refractivity contribution in [3.8, 4) is 0 Å². The zero-order chi connectivity index (χ0) is 13.7. The third-order valence-corrected chi connectivity index (χ3v) is 3.16. The molecule has 0 atom stereocenters. The van der Waals surface area contributed by atoms with Gasteiger partial charge in [-0.05, 0) is 37.1 Å². The van der Waals surface area contributed by atoms with E-state index >= 15 is 0 Å². The number of nitrogens with two attached hydrogens (primary N) is 1. The highest BCUT2D eigenvalue weighted by molar-refractivity contribution is 5.87. The lowest BCUT2D eigenvalue weighted by Gasteiger charge is -2.04. The summed E-state index contributed by atoms with van der Waals surface area (Å²) in [5.74, 6) is 0. The van der Waals surface area contributed by atoms with Gasteiger partial charge in [0.15, 0.2) is 0 Å². The molecule has 102 valence electrons. The van der Waals surface area contributed by atoms with Crippen molar-refractivity contribution < 1.29 is 4.74 Å². The predicted molar refractivity (Wildman–Crippen MR) is 78.9 cm³/mol. The zero-order valence-electron chi connectivity index (χ0n) is 11.6. The van der Waals surface area contributed by atoms with Crippen LogP contribution in [0.1, 0.15) is 18.5 Å². The second kappa shape index (κ2) is 6.50. The van der Waals surface area contributed by atoms with Crippen LogP contribution in [-0.2, 0) is 11.8 Å². The fourth-order valence-electron chi connectivity index (χ4n) is 2.24. The first-order valence-electron chi connectivity index (χ1n) is 6.56. The van der Waals surface area contributed by atoms with E-state index in [1.165, 1.54) is 11.0 Å². The highest BCUT2D eigenvalue weighted by Gasteiger charge is 2.07. The summed E-state index contributed by atoms with van der Waals surface area (Å²) < 4.78 is 7.16. The van der Waals surface area contributed by atoms with E-state index in [0.717, 1.165) is 24.1 Å². The second-order valence-electron chi connectivity index (χ2n) is 4.65. The van der Waals surface area contributed by atoms with Gasteiger partial charge in [0.25, 0.3) is 0 Å². The maximum atomic E-state index is 5.57. The molecular formula is C15H21N3O. The third-order valence-electron chi connectivity index (χ3n) is 3.16. The van der Waals surface area contributed by atoms with E-state index in [4.69, 9.17) is 10.5 Å². The molecule has 0 radical (unpaired) electrons. The van der Waals surface area contributed by atoms with Gasteiger partial charge in [-0.15, -0.1) is 0 Å². The Morgan fingerprint density at radius 1 is 1.42 bits per heavy atom. The average Bonchev–Trinajstić information content (AvgIpc) is 2.74. The monoisotopic (exact) mass is 259 g/mol. The molecule has 0 saturated carbocycles. The van der Waals surface area contributed by atoms with Gasteiger partial charge < -0.3 is 10.5 Å². The molecule has 19 heavy (non-hydrogen) atoms. The van der Waals surface area contributed by atoms with Gasteiger partial charge >= 0.3 is 0 Å². The summed E-state index contributed by atoms with van der Waals surface area (Å²) >= 11 is 0. The number of aromatic nitrogens is 2. The summed E-state index contributed by atoms with van der Waals surface area (Å²) in [5.41, 5.74) is 8.95.